The van der Waals surface area contributed by atoms with E-state index in [0.717, 1.165) is 0 Å². The molecule has 2 aromatic rings. The average molecular weight is 496 g/mol. The maximum absolute atomic E-state index is 9.56. The summed E-state index contributed by atoms with van der Waals surface area (Å²) in [5.74, 6) is -1.40. The number of rotatable bonds is 5. The Morgan fingerprint density at radius 1 is 0.963 bits per heavy atom. The second-order valence-corrected chi connectivity index (χ2v) is 50.8. The number of hydrogen-bond donors (Lipinski definition) is 1. The van der Waals surface area contributed by atoms with Gasteiger partial charge in [0.2, 0.25) is 0 Å². The third-order valence-electron chi connectivity index (χ3n) is 6.48. The first-order valence-electron chi connectivity index (χ1n) is 9.63. The van der Waals surface area contributed by atoms with Crippen molar-refractivity contribution in [3.8, 4) is 0 Å². The fraction of sp³-hybridized carbons (Fsp3) is 0.273. The normalized spacial score (nSPS) is 22.3. The molecular formula is C22H25Cl2OSiZr. The number of fused-ring (bicyclic) bond motifs is 2. The molecule has 4 rings (SSSR count). The molecule has 0 spiro atoms. The van der Waals surface area contributed by atoms with E-state index in [9.17, 15) is 5.11 Å². The Kier molecular flexibility index (Phi) is 5.23. The summed E-state index contributed by atoms with van der Waals surface area (Å²) in [6.45, 7) is 4.81. The van der Waals surface area contributed by atoms with Crippen molar-refractivity contribution < 1.29 is 20.7 Å². The van der Waals surface area contributed by atoms with E-state index in [1.165, 1.54) is 27.8 Å². The zero-order chi connectivity index (χ0) is 19.3. The predicted octanol–water partition coefficient (Wildman–Crippen LogP) is 6.26. The second-order valence-electron chi connectivity index (χ2n) is 8.08. The Morgan fingerprint density at radius 2 is 1.63 bits per heavy atom. The molecule has 0 saturated heterocycles. The van der Waals surface area contributed by atoms with Crippen molar-refractivity contribution in [1.82, 2.24) is 0 Å². The van der Waals surface area contributed by atoms with Gasteiger partial charge in [-0.2, -0.15) is 0 Å². The van der Waals surface area contributed by atoms with E-state index in [1.54, 1.807) is 0 Å². The molecular weight excluding hydrogens is 470 g/mol. The summed E-state index contributed by atoms with van der Waals surface area (Å²) in [4.78, 5) is 0. The molecule has 2 aliphatic rings. The molecule has 27 heavy (non-hydrogen) atoms. The Hall–Kier alpha value is -0.440. The maximum atomic E-state index is 9.56. The zero-order valence-corrected chi connectivity index (χ0v) is 20.8. The standard InChI is InChI=1S/C11H11O.C9H7.C2H7Si.2ClH.Zr/c12-8-7-10-6-5-9-3-1-2-4-11(9)10;1-2-5-9-7-3-6-8(9)4-1;1-3-2;;;/h1-6,12H,7-8H2;1-7H;3H,1-2H3;2*1H;/q;;;;;+2/p-2. The Bertz CT molecular complexity index is 951. The third-order valence-corrected chi connectivity index (χ3v) is 58.5. The van der Waals surface area contributed by atoms with Crippen molar-refractivity contribution in [2.45, 2.75) is 26.8 Å². The average Bonchev–Trinajstić information content (AvgIpc) is 3.25. The van der Waals surface area contributed by atoms with Gasteiger partial charge in [-0.1, -0.05) is 0 Å². The van der Waals surface area contributed by atoms with Crippen LogP contribution in [0.1, 0.15) is 35.9 Å². The minimum atomic E-state index is -4.34. The molecule has 2 aliphatic carbocycles. The van der Waals surface area contributed by atoms with E-state index in [-0.39, 0.29) is 13.9 Å². The van der Waals surface area contributed by atoms with Crippen LogP contribution in [0.4, 0.5) is 0 Å². The molecule has 0 heterocycles. The van der Waals surface area contributed by atoms with E-state index in [1.807, 2.05) is 0 Å². The van der Waals surface area contributed by atoms with Gasteiger partial charge < -0.3 is 0 Å². The van der Waals surface area contributed by atoms with Crippen LogP contribution in [0, 0.1) is 0 Å². The van der Waals surface area contributed by atoms with Crippen LogP contribution in [0.2, 0.25) is 13.1 Å². The zero-order valence-electron chi connectivity index (χ0n) is 15.7. The van der Waals surface area contributed by atoms with E-state index in [2.05, 4.69) is 79.9 Å². The van der Waals surface area contributed by atoms with Crippen LogP contribution in [-0.4, -0.2) is 17.6 Å². The number of halogens is 2. The van der Waals surface area contributed by atoms with Gasteiger partial charge in [-0.15, -0.1) is 0 Å². The van der Waals surface area contributed by atoms with Crippen molar-refractivity contribution in [1.29, 1.82) is 0 Å². The van der Waals surface area contributed by atoms with Crippen LogP contribution in [0.5, 0.6) is 0 Å². The summed E-state index contributed by atoms with van der Waals surface area (Å²) in [5.41, 5.74) is 6.25. The van der Waals surface area contributed by atoms with E-state index in [4.69, 9.17) is 17.0 Å². The van der Waals surface area contributed by atoms with E-state index in [0.29, 0.717) is 6.42 Å². The van der Waals surface area contributed by atoms with E-state index >= 15 is 0 Å². The molecule has 0 aliphatic heterocycles. The summed E-state index contributed by atoms with van der Waals surface area (Å²) >= 11 is -4.34. The molecule has 0 bridgehead atoms. The molecule has 0 radical (unpaired) electrons. The quantitative estimate of drug-likeness (QED) is 0.486. The molecule has 0 fully saturated rings. The van der Waals surface area contributed by atoms with Gasteiger partial charge in [0.15, 0.2) is 0 Å². The molecule has 2 atom stereocenters. The summed E-state index contributed by atoms with van der Waals surface area (Å²) in [6.07, 6.45) is 7.45. The Labute approximate surface area is 170 Å². The first-order chi connectivity index (χ1) is 12.9. The Morgan fingerprint density at radius 3 is 2.33 bits per heavy atom. The molecule has 2 unspecified atom stereocenters. The summed E-state index contributed by atoms with van der Waals surface area (Å²) in [5, 5.41) is 9.56. The SMILES string of the molecule is C[SiH](C)[Zr]([Cl])([Cl])([CH]1C=Cc2ccccc21)[CH]1C=C(CCO)c2ccccc21. The number of aliphatic hydroxyl groups excluding tert-OH is 1. The van der Waals surface area contributed by atoms with Gasteiger partial charge in [0.25, 0.3) is 0 Å². The van der Waals surface area contributed by atoms with Crippen LogP contribution >= 0.6 is 17.0 Å². The molecule has 1 nitrogen and oxygen atoms in total. The van der Waals surface area contributed by atoms with Crippen molar-refractivity contribution >= 4 is 34.6 Å². The molecule has 141 valence electrons. The van der Waals surface area contributed by atoms with Gasteiger partial charge in [-0.05, 0) is 0 Å². The topological polar surface area (TPSA) is 20.2 Å². The summed E-state index contributed by atoms with van der Waals surface area (Å²) < 4.78 is 0.264. The minimum absolute atomic E-state index is 0.111. The number of allylic oxidation sites excluding steroid dienone is 2. The summed E-state index contributed by atoms with van der Waals surface area (Å²) in [6, 6.07) is 17.0. The first-order valence-corrected chi connectivity index (χ1v) is 25.9. The monoisotopic (exact) mass is 493 g/mol. The first kappa shape index (κ1) is 19.9. The van der Waals surface area contributed by atoms with E-state index < -0.39 is 21.5 Å². The number of benzene rings is 2. The van der Waals surface area contributed by atoms with Crippen LogP contribution in [0.25, 0.3) is 11.6 Å². The van der Waals surface area contributed by atoms with Gasteiger partial charge >= 0.3 is 172 Å². The molecule has 5 heteroatoms. The number of aliphatic hydroxyl groups is 1. The van der Waals surface area contributed by atoms with Crippen LogP contribution in [0.15, 0.2) is 60.7 Å². The molecule has 0 amide bonds. The fourth-order valence-electron chi connectivity index (χ4n) is 4.88. The van der Waals surface area contributed by atoms with Crippen LogP contribution < -0.4 is 0 Å². The summed E-state index contributed by atoms with van der Waals surface area (Å²) in [7, 11) is 15.7. The van der Waals surface area contributed by atoms with Crippen molar-refractivity contribution in [2.75, 3.05) is 6.61 Å². The molecule has 1 N–H and O–H groups in total. The fourth-order valence-corrected chi connectivity index (χ4v) is 32.2. The van der Waals surface area contributed by atoms with Gasteiger partial charge in [0.05, 0.1) is 0 Å². The van der Waals surface area contributed by atoms with Gasteiger partial charge in [0.1, 0.15) is 0 Å². The van der Waals surface area contributed by atoms with Crippen LogP contribution in [0.3, 0.4) is 0 Å². The van der Waals surface area contributed by atoms with Gasteiger partial charge in [0, 0.05) is 0 Å². The van der Waals surface area contributed by atoms with Gasteiger partial charge in [-0.25, -0.2) is 0 Å². The predicted molar refractivity (Wildman–Crippen MR) is 118 cm³/mol. The number of hydrogen-bond acceptors (Lipinski definition) is 1. The third kappa shape index (κ3) is 2.93. The van der Waals surface area contributed by atoms with Gasteiger partial charge in [-0.3, -0.25) is 0 Å². The van der Waals surface area contributed by atoms with Crippen LogP contribution in [-0.2, 0) is 15.6 Å². The second kappa shape index (κ2) is 7.11. The molecule has 0 aromatic heterocycles. The van der Waals surface area contributed by atoms with Crippen molar-refractivity contribution in [2.24, 2.45) is 0 Å². The molecule has 2 aromatic carbocycles. The van der Waals surface area contributed by atoms with Crippen molar-refractivity contribution in [3.63, 3.8) is 0 Å². The Balaban J connectivity index is 1.92. The molecule has 0 saturated carbocycles. The van der Waals surface area contributed by atoms with Crippen molar-refractivity contribution in [3.05, 3.63) is 82.9 Å².